The first-order chi connectivity index (χ1) is 42.8. The largest absolute Gasteiger partial charge is 0.472 e. The normalized spacial score (nSPS) is 14.5. The predicted octanol–water partition coefficient (Wildman–Crippen LogP) is 19.8. The maximum Gasteiger partial charge on any atom is 0.472 e. The smallest absolute Gasteiger partial charge is 0.462 e. The minimum absolute atomic E-state index is 0.105. The summed E-state index contributed by atoms with van der Waals surface area (Å²) in [5.41, 5.74) is 0. The van der Waals surface area contributed by atoms with E-state index in [0.717, 1.165) is 114 Å². The third-order valence-corrected chi connectivity index (χ3v) is 18.4. The third kappa shape index (κ3) is 63.2. The van der Waals surface area contributed by atoms with Gasteiger partial charge >= 0.3 is 39.5 Å². The Balaban J connectivity index is 5.17. The molecule has 0 rings (SSSR count). The first-order valence-electron chi connectivity index (χ1n) is 36.4. The molecule has 0 saturated heterocycles. The number of phosphoric ester groups is 2. The molecule has 0 aromatic carbocycles. The lowest BCUT2D eigenvalue weighted by Crippen LogP contribution is -2.30. The van der Waals surface area contributed by atoms with Crippen LogP contribution in [0.5, 0.6) is 0 Å². The number of unbranched alkanes of at least 4 members (excludes halogenated alkanes) is 35. The monoisotopic (exact) mass is 1310 g/mol. The van der Waals surface area contributed by atoms with E-state index in [2.05, 4.69) is 48.5 Å². The van der Waals surface area contributed by atoms with E-state index in [9.17, 15) is 43.2 Å². The Kier molecular flexibility index (Phi) is 59.6. The van der Waals surface area contributed by atoms with Crippen LogP contribution in [0, 0.1) is 17.8 Å². The molecule has 6 atom stereocenters. The highest BCUT2D eigenvalue weighted by atomic mass is 31.2. The Morgan fingerprint density at radius 2 is 0.573 bits per heavy atom. The number of ether oxygens (including phenoxy) is 4. The van der Waals surface area contributed by atoms with Crippen molar-refractivity contribution < 1.29 is 80.2 Å². The van der Waals surface area contributed by atoms with Crippen molar-refractivity contribution in [2.45, 2.75) is 369 Å². The molecule has 19 heteroatoms. The van der Waals surface area contributed by atoms with Crippen LogP contribution in [0.25, 0.3) is 0 Å². The van der Waals surface area contributed by atoms with E-state index >= 15 is 0 Å². The first kappa shape index (κ1) is 87.1. The van der Waals surface area contributed by atoms with Gasteiger partial charge < -0.3 is 33.8 Å². The lowest BCUT2D eigenvalue weighted by Gasteiger charge is -2.21. The zero-order valence-electron chi connectivity index (χ0n) is 57.9. The fourth-order valence-electron chi connectivity index (χ4n) is 10.5. The van der Waals surface area contributed by atoms with E-state index in [1.165, 1.54) is 154 Å². The van der Waals surface area contributed by atoms with Crippen molar-refractivity contribution in [3.05, 3.63) is 0 Å². The Labute approximate surface area is 543 Å². The van der Waals surface area contributed by atoms with Crippen LogP contribution < -0.4 is 0 Å². The lowest BCUT2D eigenvalue weighted by atomic mass is 9.99. The lowest BCUT2D eigenvalue weighted by molar-refractivity contribution is -0.161. The number of aliphatic hydroxyl groups is 1. The van der Waals surface area contributed by atoms with Gasteiger partial charge in [0, 0.05) is 25.7 Å². The van der Waals surface area contributed by atoms with Crippen LogP contribution in [-0.2, 0) is 65.4 Å². The number of aliphatic hydroxyl groups excluding tert-OH is 1. The van der Waals surface area contributed by atoms with Gasteiger partial charge in [-0.05, 0) is 43.4 Å². The van der Waals surface area contributed by atoms with Crippen molar-refractivity contribution in [1.82, 2.24) is 0 Å². The van der Waals surface area contributed by atoms with Gasteiger partial charge in [0.25, 0.3) is 0 Å². The highest BCUT2D eigenvalue weighted by Gasteiger charge is 2.30. The molecule has 0 radical (unpaired) electrons. The van der Waals surface area contributed by atoms with Crippen LogP contribution in [0.2, 0.25) is 0 Å². The second-order valence-electron chi connectivity index (χ2n) is 26.5. The molecule has 17 nitrogen and oxygen atoms in total. The van der Waals surface area contributed by atoms with Crippen molar-refractivity contribution in [1.29, 1.82) is 0 Å². The van der Waals surface area contributed by atoms with Gasteiger partial charge in [0.15, 0.2) is 12.2 Å². The molecular weight excluding hydrogens is 1170 g/mol. The van der Waals surface area contributed by atoms with Crippen LogP contribution in [0.1, 0.15) is 350 Å². The van der Waals surface area contributed by atoms with Crippen LogP contribution in [0.4, 0.5) is 0 Å². The van der Waals surface area contributed by atoms with E-state index in [0.29, 0.717) is 25.7 Å². The van der Waals surface area contributed by atoms with Crippen LogP contribution >= 0.6 is 15.6 Å². The maximum atomic E-state index is 13.0. The van der Waals surface area contributed by atoms with Crippen molar-refractivity contribution in [2.24, 2.45) is 17.8 Å². The molecule has 0 aromatic rings. The number of esters is 4. The number of rotatable bonds is 68. The van der Waals surface area contributed by atoms with Crippen LogP contribution in [0.15, 0.2) is 0 Å². The summed E-state index contributed by atoms with van der Waals surface area (Å²) in [5, 5.41) is 10.6. The van der Waals surface area contributed by atoms with E-state index < -0.39 is 97.5 Å². The highest BCUT2D eigenvalue weighted by molar-refractivity contribution is 7.47. The van der Waals surface area contributed by atoms with Crippen LogP contribution in [0.3, 0.4) is 0 Å². The fourth-order valence-corrected chi connectivity index (χ4v) is 12.1. The summed E-state index contributed by atoms with van der Waals surface area (Å²) in [7, 11) is -9.89. The number of carbonyl (C=O) groups is 4. The summed E-state index contributed by atoms with van der Waals surface area (Å²) in [6, 6.07) is 0. The van der Waals surface area contributed by atoms with Gasteiger partial charge in [0.1, 0.15) is 19.3 Å². The van der Waals surface area contributed by atoms with E-state index in [1.54, 1.807) is 0 Å². The molecule has 89 heavy (non-hydrogen) atoms. The van der Waals surface area contributed by atoms with Gasteiger partial charge in [-0.15, -0.1) is 0 Å². The Bertz CT molecular complexity index is 1750. The highest BCUT2D eigenvalue weighted by Crippen LogP contribution is 2.45. The van der Waals surface area contributed by atoms with Crippen molar-refractivity contribution >= 4 is 39.5 Å². The maximum absolute atomic E-state index is 13.0. The summed E-state index contributed by atoms with van der Waals surface area (Å²) in [6.07, 6.45) is 44.7. The van der Waals surface area contributed by atoms with Gasteiger partial charge in [-0.3, -0.25) is 37.3 Å². The molecule has 0 bridgehead atoms. The summed E-state index contributed by atoms with van der Waals surface area (Å²) >= 11 is 0. The molecule has 0 aliphatic rings. The SMILES string of the molecule is CCCCCCCC(=O)OC[C@H](COP(=O)(O)OC[C@H](O)COP(=O)(O)OC[C@@H](COC(=O)CCCCCCCCCCCCC(C)CC)OC(=O)CCCCCCCCCCCCCCCCC(C)C)OC(=O)CCCCCCCCCCCCC(C)C. The quantitative estimate of drug-likeness (QED) is 0.0222. The Morgan fingerprint density at radius 1 is 0.326 bits per heavy atom. The molecule has 0 heterocycles. The zero-order chi connectivity index (χ0) is 65.9. The van der Waals surface area contributed by atoms with E-state index in [4.69, 9.17) is 37.0 Å². The second-order valence-corrected chi connectivity index (χ2v) is 29.4. The average Bonchev–Trinajstić information content (AvgIpc) is 3.66. The van der Waals surface area contributed by atoms with Gasteiger partial charge in [-0.1, -0.05) is 299 Å². The minimum atomic E-state index is -4.95. The Hall–Kier alpha value is -1.94. The summed E-state index contributed by atoms with van der Waals surface area (Å²) in [6.45, 7) is 11.8. The van der Waals surface area contributed by atoms with Crippen molar-refractivity contribution in [3.63, 3.8) is 0 Å². The molecule has 528 valence electrons. The molecule has 3 N–H and O–H groups in total. The fraction of sp³-hybridized carbons (Fsp3) is 0.943. The van der Waals surface area contributed by atoms with Gasteiger partial charge in [0.2, 0.25) is 0 Å². The molecule has 0 aliphatic heterocycles. The molecular formula is C70H136O17P2. The number of carbonyl (C=O) groups excluding carboxylic acids is 4. The predicted molar refractivity (Wildman–Crippen MR) is 358 cm³/mol. The van der Waals surface area contributed by atoms with Gasteiger partial charge in [0.05, 0.1) is 26.4 Å². The molecule has 0 aliphatic carbocycles. The van der Waals surface area contributed by atoms with Gasteiger partial charge in [-0.2, -0.15) is 0 Å². The van der Waals surface area contributed by atoms with E-state index in [-0.39, 0.29) is 25.7 Å². The number of hydrogen-bond acceptors (Lipinski definition) is 15. The molecule has 0 fully saturated rings. The number of hydrogen-bond donors (Lipinski definition) is 3. The third-order valence-electron chi connectivity index (χ3n) is 16.5. The van der Waals surface area contributed by atoms with Crippen LogP contribution in [-0.4, -0.2) is 96.7 Å². The van der Waals surface area contributed by atoms with Crippen molar-refractivity contribution in [3.8, 4) is 0 Å². The first-order valence-corrected chi connectivity index (χ1v) is 39.4. The second kappa shape index (κ2) is 61.0. The standard InChI is InChI=1S/C70H136O17P2/c1-8-10-11-34-44-51-67(72)80-57-65(86-69(74)54-47-40-33-27-20-18-23-29-36-42-49-62(5)6)59-84-88(76,77)82-55-64(71)56-83-89(78,79)85-60-66(58-81-68(73)52-45-38-31-25-21-19-24-30-37-43-50-63(7)9-2)87-70(75)53-46-39-32-26-17-15-13-12-14-16-22-28-35-41-48-61(3)4/h61-66,71H,8-60H2,1-7H3,(H,76,77)(H,78,79)/t63?,64-,65+,66+/m0/s1. The molecule has 0 saturated carbocycles. The molecule has 0 aromatic heterocycles. The summed E-state index contributed by atoms with van der Waals surface area (Å²) in [4.78, 5) is 72.3. The number of phosphoric acid groups is 2. The Morgan fingerprint density at radius 3 is 0.854 bits per heavy atom. The van der Waals surface area contributed by atoms with E-state index in [1.807, 2.05) is 0 Å². The summed E-state index contributed by atoms with van der Waals surface area (Å²) < 4.78 is 68.1. The summed E-state index contributed by atoms with van der Waals surface area (Å²) in [5.74, 6) is 0.220. The minimum Gasteiger partial charge on any atom is -0.462 e. The topological polar surface area (TPSA) is 237 Å². The molecule has 0 spiro atoms. The van der Waals surface area contributed by atoms with Gasteiger partial charge in [-0.25, -0.2) is 9.13 Å². The molecule has 0 amide bonds. The van der Waals surface area contributed by atoms with Crippen molar-refractivity contribution in [2.75, 3.05) is 39.6 Å². The molecule has 3 unspecified atom stereocenters. The average molecular weight is 1310 g/mol. The zero-order valence-corrected chi connectivity index (χ0v) is 59.7.